The number of hydrogen-bond acceptors (Lipinski definition) is 1. The molecular weight excluding hydrogens is 208 g/mol. The van der Waals surface area contributed by atoms with Gasteiger partial charge in [0.25, 0.3) is 0 Å². The van der Waals surface area contributed by atoms with Crippen LogP contribution in [0.15, 0.2) is 12.1 Å². The summed E-state index contributed by atoms with van der Waals surface area (Å²) < 4.78 is 27.0. The monoisotopic (exact) mass is 225 g/mol. The third-order valence-electron chi connectivity index (χ3n) is 3.52. The summed E-state index contributed by atoms with van der Waals surface area (Å²) in [7, 11) is 0. The average Bonchev–Trinajstić information content (AvgIpc) is 2.20. The Bertz CT molecular complexity index is 386. The lowest BCUT2D eigenvalue weighted by Crippen LogP contribution is -2.21. The van der Waals surface area contributed by atoms with Crippen LogP contribution in [0.3, 0.4) is 0 Å². The van der Waals surface area contributed by atoms with Crippen LogP contribution < -0.4 is 5.73 Å². The molecule has 0 spiro atoms. The van der Waals surface area contributed by atoms with Crippen LogP contribution in [-0.2, 0) is 0 Å². The number of rotatable bonds is 3. The minimum Gasteiger partial charge on any atom is -0.324 e. The number of hydrogen-bond donors (Lipinski definition) is 1. The second-order valence-corrected chi connectivity index (χ2v) is 4.74. The highest BCUT2D eigenvalue weighted by Gasteiger charge is 2.23. The third-order valence-corrected chi connectivity index (χ3v) is 3.52. The molecule has 1 unspecified atom stereocenters. The molecule has 16 heavy (non-hydrogen) atoms. The summed E-state index contributed by atoms with van der Waals surface area (Å²) in [6.07, 6.45) is 4.34. The van der Waals surface area contributed by atoms with E-state index >= 15 is 0 Å². The molecule has 1 atom stereocenters. The van der Waals surface area contributed by atoms with Crippen molar-refractivity contribution in [1.29, 1.82) is 0 Å². The molecule has 1 fully saturated rings. The number of halogens is 2. The Labute approximate surface area is 94.7 Å². The largest absolute Gasteiger partial charge is 0.324 e. The predicted molar refractivity (Wildman–Crippen MR) is 60.0 cm³/mol. The molecular formula is C13H17F2N. The van der Waals surface area contributed by atoms with Gasteiger partial charge in [-0.25, -0.2) is 8.78 Å². The van der Waals surface area contributed by atoms with Crippen molar-refractivity contribution < 1.29 is 8.78 Å². The molecule has 0 aliphatic heterocycles. The van der Waals surface area contributed by atoms with Gasteiger partial charge in [-0.15, -0.1) is 0 Å². The molecule has 2 rings (SSSR count). The van der Waals surface area contributed by atoms with Gasteiger partial charge in [-0.05, 0) is 24.8 Å². The van der Waals surface area contributed by atoms with E-state index in [4.69, 9.17) is 5.73 Å². The lowest BCUT2D eigenvalue weighted by molar-refractivity contribution is 0.275. The molecule has 1 saturated carbocycles. The maximum atomic E-state index is 13.6. The molecule has 1 nitrogen and oxygen atoms in total. The first-order valence-corrected chi connectivity index (χ1v) is 5.79. The average molecular weight is 225 g/mol. The first-order valence-electron chi connectivity index (χ1n) is 5.79. The Balaban J connectivity index is 2.15. The van der Waals surface area contributed by atoms with Crippen LogP contribution in [-0.4, -0.2) is 0 Å². The normalized spacial score (nSPS) is 18.2. The van der Waals surface area contributed by atoms with Gasteiger partial charge in [0, 0.05) is 11.6 Å². The minimum absolute atomic E-state index is 0.315. The summed E-state index contributed by atoms with van der Waals surface area (Å²) >= 11 is 0. The topological polar surface area (TPSA) is 26.0 Å². The van der Waals surface area contributed by atoms with Gasteiger partial charge in [0.05, 0.1) is 0 Å². The van der Waals surface area contributed by atoms with E-state index < -0.39 is 11.6 Å². The Morgan fingerprint density at radius 1 is 1.31 bits per heavy atom. The van der Waals surface area contributed by atoms with Crippen LogP contribution in [0.2, 0.25) is 0 Å². The van der Waals surface area contributed by atoms with Crippen molar-refractivity contribution in [3.05, 3.63) is 34.9 Å². The molecule has 1 aromatic carbocycles. The fourth-order valence-electron chi connectivity index (χ4n) is 2.16. The van der Waals surface area contributed by atoms with Crippen LogP contribution in [0.4, 0.5) is 8.78 Å². The molecule has 1 aliphatic rings. The van der Waals surface area contributed by atoms with E-state index in [0.717, 1.165) is 6.42 Å². The van der Waals surface area contributed by atoms with Gasteiger partial charge in [-0.2, -0.15) is 0 Å². The first kappa shape index (κ1) is 11.5. The van der Waals surface area contributed by atoms with Crippen molar-refractivity contribution in [2.75, 3.05) is 0 Å². The highest BCUT2D eigenvalue weighted by molar-refractivity contribution is 5.27. The Morgan fingerprint density at radius 2 is 2.00 bits per heavy atom. The Kier molecular flexibility index (Phi) is 3.24. The van der Waals surface area contributed by atoms with Crippen LogP contribution in [0.5, 0.6) is 0 Å². The van der Waals surface area contributed by atoms with E-state index in [1.54, 1.807) is 19.1 Å². The molecule has 88 valence electrons. The van der Waals surface area contributed by atoms with Crippen molar-refractivity contribution in [3.63, 3.8) is 0 Å². The van der Waals surface area contributed by atoms with Crippen LogP contribution >= 0.6 is 0 Å². The molecule has 3 heteroatoms. The van der Waals surface area contributed by atoms with E-state index in [2.05, 4.69) is 0 Å². The molecule has 0 aromatic heterocycles. The van der Waals surface area contributed by atoms with Gasteiger partial charge in [0.15, 0.2) is 11.6 Å². The van der Waals surface area contributed by atoms with Gasteiger partial charge < -0.3 is 5.73 Å². The molecule has 1 aliphatic carbocycles. The molecule has 0 bridgehead atoms. The summed E-state index contributed by atoms with van der Waals surface area (Å²) in [5.74, 6) is -0.938. The van der Waals surface area contributed by atoms with Crippen LogP contribution in [0.25, 0.3) is 0 Å². The fraction of sp³-hybridized carbons (Fsp3) is 0.538. The van der Waals surface area contributed by atoms with E-state index in [9.17, 15) is 8.78 Å². The molecule has 2 N–H and O–H groups in total. The zero-order valence-corrected chi connectivity index (χ0v) is 9.47. The quantitative estimate of drug-likeness (QED) is 0.837. The highest BCUT2D eigenvalue weighted by atomic mass is 19.2. The Hall–Kier alpha value is -0.960. The molecule has 0 heterocycles. The van der Waals surface area contributed by atoms with Gasteiger partial charge in [0.1, 0.15) is 0 Å². The molecule has 0 radical (unpaired) electrons. The first-order chi connectivity index (χ1) is 7.59. The fourth-order valence-corrected chi connectivity index (χ4v) is 2.16. The second-order valence-electron chi connectivity index (χ2n) is 4.74. The van der Waals surface area contributed by atoms with Gasteiger partial charge in [-0.1, -0.05) is 31.4 Å². The van der Waals surface area contributed by atoms with E-state index in [1.807, 2.05) is 0 Å². The SMILES string of the molecule is Cc1ccc(C(N)CC2CCC2)c(F)c1F. The molecule has 1 aromatic rings. The standard InChI is InChI=1S/C13H17F2N/c1-8-5-6-10(13(15)12(8)14)11(16)7-9-3-2-4-9/h5-6,9,11H,2-4,7,16H2,1H3. The van der Waals surface area contributed by atoms with Crippen molar-refractivity contribution in [3.8, 4) is 0 Å². The summed E-state index contributed by atoms with van der Waals surface area (Å²) in [5, 5.41) is 0. The molecule has 0 saturated heterocycles. The van der Waals surface area contributed by atoms with E-state index in [1.165, 1.54) is 19.3 Å². The van der Waals surface area contributed by atoms with Crippen LogP contribution in [0, 0.1) is 24.5 Å². The summed E-state index contributed by atoms with van der Waals surface area (Å²) in [6, 6.07) is 2.83. The summed E-state index contributed by atoms with van der Waals surface area (Å²) in [5.41, 5.74) is 6.56. The van der Waals surface area contributed by atoms with Gasteiger partial charge in [0.2, 0.25) is 0 Å². The van der Waals surface area contributed by atoms with Crippen LogP contribution in [0.1, 0.15) is 42.9 Å². The number of benzene rings is 1. The van der Waals surface area contributed by atoms with Gasteiger partial charge in [-0.3, -0.25) is 0 Å². The van der Waals surface area contributed by atoms with E-state index in [0.29, 0.717) is 17.0 Å². The zero-order valence-electron chi connectivity index (χ0n) is 9.47. The third kappa shape index (κ3) is 2.09. The van der Waals surface area contributed by atoms with Gasteiger partial charge >= 0.3 is 0 Å². The molecule has 0 amide bonds. The van der Waals surface area contributed by atoms with Crippen molar-refractivity contribution in [2.45, 2.75) is 38.6 Å². The predicted octanol–water partition coefficient (Wildman–Crippen LogP) is 3.46. The zero-order chi connectivity index (χ0) is 11.7. The lowest BCUT2D eigenvalue weighted by Gasteiger charge is -2.28. The lowest BCUT2D eigenvalue weighted by atomic mass is 9.80. The van der Waals surface area contributed by atoms with Crippen molar-refractivity contribution in [1.82, 2.24) is 0 Å². The maximum Gasteiger partial charge on any atom is 0.163 e. The summed E-state index contributed by atoms with van der Waals surface area (Å²) in [4.78, 5) is 0. The van der Waals surface area contributed by atoms with Crippen molar-refractivity contribution >= 4 is 0 Å². The van der Waals surface area contributed by atoms with Crippen molar-refractivity contribution in [2.24, 2.45) is 11.7 Å². The number of aryl methyl sites for hydroxylation is 1. The number of nitrogens with two attached hydrogens (primary N) is 1. The van der Waals surface area contributed by atoms with E-state index in [-0.39, 0.29) is 6.04 Å². The Morgan fingerprint density at radius 3 is 2.56 bits per heavy atom. The highest BCUT2D eigenvalue weighted by Crippen LogP contribution is 2.34. The maximum absolute atomic E-state index is 13.6. The smallest absolute Gasteiger partial charge is 0.163 e. The minimum atomic E-state index is -0.771. The second kappa shape index (κ2) is 4.50. The summed E-state index contributed by atoms with van der Waals surface area (Å²) in [6.45, 7) is 1.56.